The van der Waals surface area contributed by atoms with E-state index in [2.05, 4.69) is 5.32 Å². The van der Waals surface area contributed by atoms with Crippen molar-refractivity contribution in [3.05, 3.63) is 33.8 Å². The monoisotopic (exact) mass is 331 g/mol. The molecule has 0 bridgehead atoms. The summed E-state index contributed by atoms with van der Waals surface area (Å²) in [7, 11) is 0. The Hall–Kier alpha value is -1.26. The predicted molar refractivity (Wildman–Crippen MR) is 83.9 cm³/mol. The van der Waals surface area contributed by atoms with Gasteiger partial charge in [0.15, 0.2) is 0 Å². The third-order valence-electron chi connectivity index (χ3n) is 3.05. The highest BCUT2D eigenvalue weighted by atomic mass is 35.5. The Morgan fingerprint density at radius 2 is 1.95 bits per heavy atom. The Labute approximate surface area is 134 Å². The number of carbonyl (C=O) groups is 2. The van der Waals surface area contributed by atoms with Gasteiger partial charge in [0.05, 0.1) is 10.0 Å². The van der Waals surface area contributed by atoms with Crippen molar-refractivity contribution < 1.29 is 14.7 Å². The summed E-state index contributed by atoms with van der Waals surface area (Å²) in [5.41, 5.74) is 1.04. The van der Waals surface area contributed by atoms with Crippen LogP contribution in [-0.2, 0) is 16.0 Å². The number of halogens is 2. The van der Waals surface area contributed by atoms with Crippen molar-refractivity contribution >= 4 is 35.1 Å². The lowest BCUT2D eigenvalue weighted by Gasteiger charge is -2.12. The second kappa shape index (κ2) is 8.90. The van der Waals surface area contributed by atoms with Crippen LogP contribution in [0.15, 0.2) is 18.2 Å². The van der Waals surface area contributed by atoms with Gasteiger partial charge in [-0.2, -0.15) is 0 Å². The lowest BCUT2D eigenvalue weighted by molar-refractivity contribution is -0.137. The first-order chi connectivity index (χ1) is 9.88. The number of carboxylic acids is 1. The Bertz CT molecular complexity index is 506. The number of benzene rings is 1. The molecule has 1 aromatic rings. The van der Waals surface area contributed by atoms with Crippen LogP contribution in [-0.4, -0.2) is 23.0 Å². The minimum atomic E-state index is -0.851. The van der Waals surface area contributed by atoms with Crippen LogP contribution in [0.4, 0.5) is 0 Å². The Morgan fingerprint density at radius 1 is 1.24 bits per heavy atom. The first-order valence-corrected chi connectivity index (χ1v) is 7.59. The first-order valence-electron chi connectivity index (χ1n) is 6.83. The van der Waals surface area contributed by atoms with Gasteiger partial charge in [0.25, 0.3) is 0 Å². The Balaban J connectivity index is 2.26. The van der Waals surface area contributed by atoms with Crippen LogP contribution in [0, 0.1) is 0 Å². The molecule has 0 radical (unpaired) electrons. The molecule has 0 saturated heterocycles. The lowest BCUT2D eigenvalue weighted by Crippen LogP contribution is -2.32. The topological polar surface area (TPSA) is 66.4 Å². The van der Waals surface area contributed by atoms with Gasteiger partial charge < -0.3 is 10.4 Å². The molecule has 0 aliphatic rings. The zero-order valence-corrected chi connectivity index (χ0v) is 13.4. The number of amides is 1. The van der Waals surface area contributed by atoms with Crippen molar-refractivity contribution in [2.45, 2.75) is 45.1 Å². The van der Waals surface area contributed by atoms with Gasteiger partial charge in [0.1, 0.15) is 0 Å². The van der Waals surface area contributed by atoms with Crippen LogP contribution in [0.1, 0.15) is 38.2 Å². The second-order valence-corrected chi connectivity index (χ2v) is 5.82. The summed E-state index contributed by atoms with van der Waals surface area (Å²) in [5.74, 6) is -0.913. The van der Waals surface area contributed by atoms with Gasteiger partial charge in [0.2, 0.25) is 5.91 Å². The van der Waals surface area contributed by atoms with E-state index in [9.17, 15) is 9.59 Å². The predicted octanol–water partition coefficient (Wildman–Crippen LogP) is 3.69. The summed E-state index contributed by atoms with van der Waals surface area (Å²) in [6, 6.07) is 5.31. The molecular formula is C15H19Cl2NO3. The molecule has 4 nitrogen and oxygen atoms in total. The molecule has 0 spiro atoms. The van der Waals surface area contributed by atoms with E-state index >= 15 is 0 Å². The molecular weight excluding hydrogens is 313 g/mol. The summed E-state index contributed by atoms with van der Waals surface area (Å²) in [5, 5.41) is 12.4. The van der Waals surface area contributed by atoms with Crippen molar-refractivity contribution in [3.63, 3.8) is 0 Å². The number of nitrogens with one attached hydrogen (secondary N) is 1. The van der Waals surface area contributed by atoms with Crippen LogP contribution < -0.4 is 5.32 Å². The molecule has 0 aliphatic heterocycles. The van der Waals surface area contributed by atoms with Crippen LogP contribution in [0.3, 0.4) is 0 Å². The van der Waals surface area contributed by atoms with Crippen LogP contribution in [0.25, 0.3) is 0 Å². The highest BCUT2D eigenvalue weighted by molar-refractivity contribution is 6.42. The van der Waals surface area contributed by atoms with E-state index in [0.717, 1.165) is 12.0 Å². The molecule has 116 valence electrons. The van der Waals surface area contributed by atoms with E-state index in [1.807, 2.05) is 6.07 Å². The van der Waals surface area contributed by atoms with E-state index in [4.69, 9.17) is 28.3 Å². The normalized spacial score (nSPS) is 12.0. The molecule has 1 aromatic carbocycles. The molecule has 0 heterocycles. The number of carboxylic acid groups (broad SMARTS) is 1. The lowest BCUT2D eigenvalue weighted by atomic mass is 10.1. The average Bonchev–Trinajstić information content (AvgIpc) is 2.40. The number of rotatable bonds is 8. The molecule has 0 aromatic heterocycles. The molecule has 1 amide bonds. The van der Waals surface area contributed by atoms with E-state index in [0.29, 0.717) is 29.3 Å². The quantitative estimate of drug-likeness (QED) is 0.763. The van der Waals surface area contributed by atoms with Gasteiger partial charge in [-0.15, -0.1) is 0 Å². The summed E-state index contributed by atoms with van der Waals surface area (Å²) in [4.78, 5) is 22.1. The highest BCUT2D eigenvalue weighted by Gasteiger charge is 2.09. The number of aryl methyl sites for hydroxylation is 1. The largest absolute Gasteiger partial charge is 0.481 e. The zero-order valence-electron chi connectivity index (χ0n) is 11.9. The van der Waals surface area contributed by atoms with Crippen LogP contribution in [0.5, 0.6) is 0 Å². The minimum absolute atomic E-state index is 0.0602. The summed E-state index contributed by atoms with van der Waals surface area (Å²) < 4.78 is 0. The van der Waals surface area contributed by atoms with Crippen molar-refractivity contribution in [2.24, 2.45) is 0 Å². The molecule has 0 fully saturated rings. The van der Waals surface area contributed by atoms with Crippen molar-refractivity contribution in [3.8, 4) is 0 Å². The second-order valence-electron chi connectivity index (χ2n) is 5.00. The molecule has 1 atom stereocenters. The van der Waals surface area contributed by atoms with Gasteiger partial charge in [-0.25, -0.2) is 0 Å². The third kappa shape index (κ3) is 7.34. The fourth-order valence-corrected chi connectivity index (χ4v) is 2.23. The van der Waals surface area contributed by atoms with Crippen molar-refractivity contribution in [1.82, 2.24) is 5.32 Å². The van der Waals surface area contributed by atoms with Crippen LogP contribution >= 0.6 is 23.2 Å². The van der Waals surface area contributed by atoms with E-state index in [1.54, 1.807) is 19.1 Å². The molecule has 1 rings (SSSR count). The zero-order chi connectivity index (χ0) is 15.8. The molecule has 6 heteroatoms. The minimum Gasteiger partial charge on any atom is -0.481 e. The first kappa shape index (κ1) is 17.8. The van der Waals surface area contributed by atoms with Gasteiger partial charge >= 0.3 is 5.97 Å². The van der Waals surface area contributed by atoms with E-state index < -0.39 is 5.97 Å². The van der Waals surface area contributed by atoms with E-state index in [1.165, 1.54) is 0 Å². The number of hydrogen-bond acceptors (Lipinski definition) is 2. The molecule has 2 N–H and O–H groups in total. The average molecular weight is 332 g/mol. The SMILES string of the molecule is CC(CCC(=O)O)NC(=O)CCCc1ccc(Cl)c(Cl)c1. The summed E-state index contributed by atoms with van der Waals surface area (Å²) in [6.07, 6.45) is 2.35. The maximum absolute atomic E-state index is 11.7. The van der Waals surface area contributed by atoms with Gasteiger partial charge in [-0.1, -0.05) is 29.3 Å². The van der Waals surface area contributed by atoms with Crippen molar-refractivity contribution in [2.75, 3.05) is 0 Å². The van der Waals surface area contributed by atoms with Crippen LogP contribution in [0.2, 0.25) is 10.0 Å². The standard InChI is InChI=1S/C15H19Cl2NO3/c1-10(5-8-15(20)21)18-14(19)4-2-3-11-6-7-12(16)13(17)9-11/h6-7,9-10H,2-5,8H2,1H3,(H,18,19)(H,20,21). The Kier molecular flexibility index (Phi) is 7.54. The molecule has 0 aliphatic carbocycles. The maximum Gasteiger partial charge on any atom is 0.303 e. The van der Waals surface area contributed by atoms with Gasteiger partial charge in [0, 0.05) is 18.9 Å². The number of hydrogen-bond donors (Lipinski definition) is 2. The summed E-state index contributed by atoms with van der Waals surface area (Å²) in [6.45, 7) is 1.81. The molecule has 0 saturated carbocycles. The van der Waals surface area contributed by atoms with Crippen molar-refractivity contribution in [1.29, 1.82) is 0 Å². The molecule has 21 heavy (non-hydrogen) atoms. The number of aliphatic carboxylic acids is 1. The fourth-order valence-electron chi connectivity index (χ4n) is 1.91. The Morgan fingerprint density at radius 3 is 2.57 bits per heavy atom. The summed E-state index contributed by atoms with van der Waals surface area (Å²) >= 11 is 11.8. The highest BCUT2D eigenvalue weighted by Crippen LogP contribution is 2.23. The number of carbonyl (C=O) groups excluding carboxylic acids is 1. The smallest absolute Gasteiger partial charge is 0.303 e. The molecule has 1 unspecified atom stereocenters. The van der Waals surface area contributed by atoms with Gasteiger partial charge in [-0.05, 0) is 43.9 Å². The third-order valence-corrected chi connectivity index (χ3v) is 3.79. The fraction of sp³-hybridized carbons (Fsp3) is 0.467. The van der Waals surface area contributed by atoms with E-state index in [-0.39, 0.29) is 18.4 Å². The maximum atomic E-state index is 11.7. The van der Waals surface area contributed by atoms with Gasteiger partial charge in [-0.3, -0.25) is 9.59 Å².